The molecule has 2 heterocycles. The molecule has 2 N–H and O–H groups in total. The van der Waals surface area contributed by atoms with Crippen LogP contribution in [0.2, 0.25) is 5.02 Å². The van der Waals surface area contributed by atoms with Crippen LogP contribution in [0.1, 0.15) is 61.6 Å². The minimum atomic E-state index is -0.970. The molecule has 0 unspecified atom stereocenters. The van der Waals surface area contributed by atoms with Gasteiger partial charge in [-0.15, -0.1) is 0 Å². The lowest BCUT2D eigenvalue weighted by molar-refractivity contribution is -0.133. The average molecular weight is 446 g/mol. The van der Waals surface area contributed by atoms with Crippen LogP contribution in [0.15, 0.2) is 24.4 Å². The van der Waals surface area contributed by atoms with Gasteiger partial charge in [-0.2, -0.15) is 0 Å². The topological polar surface area (TPSA) is 87.2 Å². The van der Waals surface area contributed by atoms with Gasteiger partial charge in [0.2, 0.25) is 5.91 Å². The van der Waals surface area contributed by atoms with Crippen molar-refractivity contribution in [3.05, 3.63) is 46.6 Å². The molecule has 0 radical (unpaired) electrons. The van der Waals surface area contributed by atoms with E-state index >= 15 is 0 Å². The lowest BCUT2D eigenvalue weighted by atomic mass is 9.98. The van der Waals surface area contributed by atoms with Crippen LogP contribution >= 0.6 is 11.6 Å². The fraction of sp³-hybridized carbons (Fsp3) is 0.455. The summed E-state index contributed by atoms with van der Waals surface area (Å²) in [6.45, 7) is 4.24. The van der Waals surface area contributed by atoms with Crippen molar-refractivity contribution < 1.29 is 14.0 Å². The number of benzene rings is 1. The maximum atomic E-state index is 13.9. The van der Waals surface area contributed by atoms with E-state index in [0.717, 1.165) is 25.7 Å². The molecule has 0 bridgehead atoms. The second-order valence-electron chi connectivity index (χ2n) is 8.50. The van der Waals surface area contributed by atoms with Gasteiger partial charge in [0.1, 0.15) is 17.1 Å². The first-order chi connectivity index (χ1) is 14.8. The van der Waals surface area contributed by atoms with Crippen LogP contribution in [0.4, 0.5) is 15.9 Å². The molecular formula is C22H25ClFN5O2. The maximum absolute atomic E-state index is 13.9. The standard InChI is InChI=1S/C22H25ClFN5O2/c1-22(2)21(31)25-9-10-29(22)20(30)17-12-26-19(18(28-17)13-5-3-4-6-13)27-14-7-8-15(23)16(24)11-14/h7-8,11-13H,3-6,9-10H2,1-2H3,(H,25,31)(H,26,27). The van der Waals surface area contributed by atoms with Crippen LogP contribution in [0, 0.1) is 5.82 Å². The summed E-state index contributed by atoms with van der Waals surface area (Å²) in [5.41, 5.74) is 0.432. The highest BCUT2D eigenvalue weighted by molar-refractivity contribution is 6.30. The fourth-order valence-electron chi connectivity index (χ4n) is 4.19. The van der Waals surface area contributed by atoms with Gasteiger partial charge in [-0.05, 0) is 44.9 Å². The third-order valence-electron chi connectivity index (χ3n) is 6.04. The van der Waals surface area contributed by atoms with E-state index in [2.05, 4.69) is 20.6 Å². The predicted octanol–water partition coefficient (Wildman–Crippen LogP) is 4.02. The minimum Gasteiger partial charge on any atom is -0.352 e. The van der Waals surface area contributed by atoms with Gasteiger partial charge < -0.3 is 15.5 Å². The number of anilines is 2. The molecule has 1 aliphatic carbocycles. The van der Waals surface area contributed by atoms with E-state index in [1.807, 2.05) is 0 Å². The van der Waals surface area contributed by atoms with Gasteiger partial charge in [0, 0.05) is 24.7 Å². The molecule has 1 aromatic carbocycles. The van der Waals surface area contributed by atoms with Gasteiger partial charge in [0.25, 0.3) is 5.91 Å². The first-order valence-electron chi connectivity index (χ1n) is 10.5. The van der Waals surface area contributed by atoms with Crippen LogP contribution < -0.4 is 10.6 Å². The number of piperazine rings is 1. The number of nitrogens with one attached hydrogen (secondary N) is 2. The molecule has 0 atom stereocenters. The summed E-state index contributed by atoms with van der Waals surface area (Å²) in [7, 11) is 0. The third kappa shape index (κ3) is 4.21. The van der Waals surface area contributed by atoms with Gasteiger partial charge >= 0.3 is 0 Å². The fourth-order valence-corrected chi connectivity index (χ4v) is 4.31. The first kappa shape index (κ1) is 21.5. The molecular weight excluding hydrogens is 421 g/mol. The Kier molecular flexibility index (Phi) is 5.83. The van der Waals surface area contributed by atoms with Crippen LogP contribution in [-0.2, 0) is 4.79 Å². The molecule has 4 rings (SSSR count). The molecule has 31 heavy (non-hydrogen) atoms. The lowest BCUT2D eigenvalue weighted by Gasteiger charge is -2.40. The number of carbonyl (C=O) groups excluding carboxylic acids is 2. The molecule has 2 amide bonds. The third-order valence-corrected chi connectivity index (χ3v) is 6.35. The van der Waals surface area contributed by atoms with E-state index in [0.29, 0.717) is 30.3 Å². The summed E-state index contributed by atoms with van der Waals surface area (Å²) in [5, 5.41) is 5.96. The normalized spacial score (nSPS) is 18.7. The number of carbonyl (C=O) groups is 2. The molecule has 2 aliphatic rings. The van der Waals surface area contributed by atoms with Crippen LogP contribution in [-0.4, -0.2) is 45.3 Å². The van der Waals surface area contributed by atoms with Crippen molar-refractivity contribution in [3.63, 3.8) is 0 Å². The van der Waals surface area contributed by atoms with E-state index in [1.165, 1.54) is 23.2 Å². The molecule has 1 aromatic heterocycles. The van der Waals surface area contributed by atoms with Crippen molar-refractivity contribution in [1.82, 2.24) is 20.2 Å². The second-order valence-corrected chi connectivity index (χ2v) is 8.90. The predicted molar refractivity (Wildman–Crippen MR) is 116 cm³/mol. The van der Waals surface area contributed by atoms with Gasteiger partial charge in [0.15, 0.2) is 5.82 Å². The zero-order valence-electron chi connectivity index (χ0n) is 17.5. The molecule has 9 heteroatoms. The average Bonchev–Trinajstić information content (AvgIpc) is 3.27. The van der Waals surface area contributed by atoms with Gasteiger partial charge in [0.05, 0.1) is 16.9 Å². The van der Waals surface area contributed by atoms with Crippen molar-refractivity contribution in [1.29, 1.82) is 0 Å². The molecule has 7 nitrogen and oxygen atoms in total. The Morgan fingerprint density at radius 1 is 1.32 bits per heavy atom. The molecule has 164 valence electrons. The van der Waals surface area contributed by atoms with Crippen molar-refractivity contribution in [2.75, 3.05) is 18.4 Å². The minimum absolute atomic E-state index is 0.0433. The highest BCUT2D eigenvalue weighted by Crippen LogP contribution is 2.37. The van der Waals surface area contributed by atoms with Crippen LogP contribution in [0.25, 0.3) is 0 Å². The number of halogens is 2. The SMILES string of the molecule is CC1(C)C(=O)NCCN1C(=O)c1cnc(Nc2ccc(Cl)c(F)c2)c(C2CCCC2)n1. The smallest absolute Gasteiger partial charge is 0.275 e. The summed E-state index contributed by atoms with van der Waals surface area (Å²) in [6.07, 6.45) is 5.48. The summed E-state index contributed by atoms with van der Waals surface area (Å²) >= 11 is 5.78. The number of amides is 2. The van der Waals surface area contributed by atoms with E-state index < -0.39 is 11.4 Å². The van der Waals surface area contributed by atoms with Gasteiger partial charge in [-0.1, -0.05) is 24.4 Å². The largest absolute Gasteiger partial charge is 0.352 e. The Morgan fingerprint density at radius 3 is 2.77 bits per heavy atom. The van der Waals surface area contributed by atoms with Crippen LogP contribution in [0.5, 0.6) is 0 Å². The maximum Gasteiger partial charge on any atom is 0.275 e. The number of hydrogen-bond donors (Lipinski definition) is 2. The van der Waals surface area contributed by atoms with Crippen molar-refractivity contribution >= 4 is 34.9 Å². The van der Waals surface area contributed by atoms with Gasteiger partial charge in [-0.3, -0.25) is 9.59 Å². The summed E-state index contributed by atoms with van der Waals surface area (Å²) in [6, 6.07) is 4.44. The molecule has 2 aromatic rings. The summed E-state index contributed by atoms with van der Waals surface area (Å²) in [5.74, 6) is -0.382. The molecule has 1 saturated carbocycles. The highest BCUT2D eigenvalue weighted by atomic mass is 35.5. The summed E-state index contributed by atoms with van der Waals surface area (Å²) < 4.78 is 13.9. The van der Waals surface area contributed by atoms with Crippen molar-refractivity contribution in [3.8, 4) is 0 Å². The summed E-state index contributed by atoms with van der Waals surface area (Å²) in [4.78, 5) is 36.2. The number of rotatable bonds is 4. The van der Waals surface area contributed by atoms with E-state index in [4.69, 9.17) is 11.6 Å². The first-order valence-corrected chi connectivity index (χ1v) is 10.8. The molecule has 1 saturated heterocycles. The Balaban J connectivity index is 1.67. The Labute approximate surface area is 185 Å². The van der Waals surface area contributed by atoms with Crippen molar-refractivity contribution in [2.24, 2.45) is 0 Å². The second kappa shape index (κ2) is 8.42. The molecule has 0 spiro atoms. The van der Waals surface area contributed by atoms with Crippen LogP contribution in [0.3, 0.4) is 0 Å². The lowest BCUT2D eigenvalue weighted by Crippen LogP contribution is -2.63. The highest BCUT2D eigenvalue weighted by Gasteiger charge is 2.41. The number of hydrogen-bond acceptors (Lipinski definition) is 5. The zero-order chi connectivity index (χ0) is 22.2. The van der Waals surface area contributed by atoms with E-state index in [-0.39, 0.29) is 28.4 Å². The van der Waals surface area contributed by atoms with Crippen molar-refractivity contribution in [2.45, 2.75) is 51.0 Å². The zero-order valence-corrected chi connectivity index (χ0v) is 18.3. The van der Waals surface area contributed by atoms with Gasteiger partial charge in [-0.25, -0.2) is 14.4 Å². The number of nitrogens with zero attached hydrogens (tertiary/aromatic N) is 3. The van der Waals surface area contributed by atoms with E-state index in [9.17, 15) is 14.0 Å². The monoisotopic (exact) mass is 445 g/mol. The quantitative estimate of drug-likeness (QED) is 0.742. The molecule has 2 fully saturated rings. The Morgan fingerprint density at radius 2 is 2.06 bits per heavy atom. The Hall–Kier alpha value is -2.74. The molecule has 1 aliphatic heterocycles. The Bertz CT molecular complexity index is 1020. The van der Waals surface area contributed by atoms with E-state index in [1.54, 1.807) is 19.9 Å². The number of aromatic nitrogens is 2.